The van der Waals surface area contributed by atoms with Crippen LogP contribution in [0.15, 0.2) is 0 Å². The zero-order valence-corrected chi connectivity index (χ0v) is 8.31. The van der Waals surface area contributed by atoms with E-state index in [2.05, 4.69) is 11.2 Å². The van der Waals surface area contributed by atoms with Gasteiger partial charge in [0.25, 0.3) is 0 Å². The SMILES string of the molecule is Cc1[c-]n(N)c(C)n1.[W]. The number of nitrogens with zero attached hydrogens (tertiary/aromatic N) is 2. The van der Waals surface area contributed by atoms with Crippen molar-refractivity contribution in [1.82, 2.24) is 9.66 Å². The Labute approximate surface area is 68.5 Å². The standard InChI is InChI=1S/C5H8N3.W/c1-4-3-8(6)5(2)7-4;/h6H2,1-2H3;/q-1;. The third-order valence-electron chi connectivity index (χ3n) is 0.960. The van der Waals surface area contributed by atoms with E-state index in [1.165, 1.54) is 4.68 Å². The summed E-state index contributed by atoms with van der Waals surface area (Å²) < 4.78 is 1.38. The summed E-state index contributed by atoms with van der Waals surface area (Å²) in [6.45, 7) is 3.69. The maximum Gasteiger partial charge on any atom is 0 e. The molecular formula is C5H8N3W-. The largest absolute Gasteiger partial charge is 0.420 e. The Bertz CT molecular complexity index is 175. The molecule has 9 heavy (non-hydrogen) atoms. The third-order valence-corrected chi connectivity index (χ3v) is 0.960. The monoisotopic (exact) mass is 294 g/mol. The van der Waals surface area contributed by atoms with Crippen LogP contribution < -0.4 is 5.84 Å². The Morgan fingerprint density at radius 3 is 2.22 bits per heavy atom. The average Bonchev–Trinajstić information content (AvgIpc) is 1.85. The second-order valence-electron chi connectivity index (χ2n) is 1.73. The Morgan fingerprint density at radius 1 is 1.56 bits per heavy atom. The van der Waals surface area contributed by atoms with Crippen LogP contribution in [0.1, 0.15) is 11.5 Å². The minimum Gasteiger partial charge on any atom is -0.420 e. The summed E-state index contributed by atoms with van der Waals surface area (Å²) in [6, 6.07) is 0. The van der Waals surface area contributed by atoms with Gasteiger partial charge < -0.3 is 15.5 Å². The molecule has 0 aliphatic heterocycles. The summed E-state index contributed by atoms with van der Waals surface area (Å²) in [4.78, 5) is 3.99. The molecule has 1 rings (SSSR count). The molecule has 4 heteroatoms. The molecule has 0 unspecified atom stereocenters. The molecule has 0 saturated carbocycles. The van der Waals surface area contributed by atoms with Crippen molar-refractivity contribution in [3.05, 3.63) is 17.7 Å². The van der Waals surface area contributed by atoms with Crippen molar-refractivity contribution < 1.29 is 21.1 Å². The van der Waals surface area contributed by atoms with Gasteiger partial charge in [0.1, 0.15) is 0 Å². The van der Waals surface area contributed by atoms with E-state index in [0.717, 1.165) is 11.5 Å². The normalized spacial score (nSPS) is 8.67. The molecule has 1 aromatic rings. The van der Waals surface area contributed by atoms with Crippen LogP contribution in [0.2, 0.25) is 0 Å². The molecule has 1 aromatic heterocycles. The summed E-state index contributed by atoms with van der Waals surface area (Å²) in [7, 11) is 0. The topological polar surface area (TPSA) is 43.8 Å². The van der Waals surface area contributed by atoms with Crippen molar-refractivity contribution in [2.75, 3.05) is 5.84 Å². The Kier molecular flexibility index (Phi) is 2.92. The first-order valence-electron chi connectivity index (χ1n) is 2.40. The van der Waals surface area contributed by atoms with Gasteiger partial charge in [-0.25, -0.2) is 0 Å². The minimum absolute atomic E-state index is 0. The number of nitrogen functional groups attached to an aromatic ring is 1. The van der Waals surface area contributed by atoms with Crippen molar-refractivity contribution in [1.29, 1.82) is 0 Å². The van der Waals surface area contributed by atoms with E-state index in [1.807, 2.05) is 13.8 Å². The number of rotatable bonds is 0. The summed E-state index contributed by atoms with van der Waals surface area (Å²) in [5.74, 6) is 6.13. The molecule has 2 N–H and O–H groups in total. The quantitative estimate of drug-likeness (QED) is 0.541. The molecule has 1 heterocycles. The number of hydrogen-bond acceptors (Lipinski definition) is 2. The van der Waals surface area contributed by atoms with Crippen molar-refractivity contribution in [2.24, 2.45) is 0 Å². The van der Waals surface area contributed by atoms with Crippen molar-refractivity contribution >= 4 is 0 Å². The second kappa shape index (κ2) is 3.02. The second-order valence-corrected chi connectivity index (χ2v) is 1.73. The van der Waals surface area contributed by atoms with Gasteiger partial charge in [-0.15, -0.1) is 6.20 Å². The Morgan fingerprint density at radius 2 is 2.11 bits per heavy atom. The van der Waals surface area contributed by atoms with Gasteiger partial charge in [0.05, 0.1) is 0 Å². The molecule has 0 amide bonds. The van der Waals surface area contributed by atoms with Gasteiger partial charge in [-0.1, -0.05) is 12.6 Å². The fourth-order valence-corrected chi connectivity index (χ4v) is 0.577. The fraction of sp³-hybridized carbons (Fsp3) is 0.400. The molecule has 0 aromatic carbocycles. The van der Waals surface area contributed by atoms with Crippen LogP contribution in [0.5, 0.6) is 0 Å². The van der Waals surface area contributed by atoms with Gasteiger partial charge in [-0.2, -0.15) is 0 Å². The Balaban J connectivity index is 0.000000640. The van der Waals surface area contributed by atoms with Crippen LogP contribution in [0.25, 0.3) is 0 Å². The summed E-state index contributed by atoms with van der Waals surface area (Å²) >= 11 is 0. The molecule has 50 valence electrons. The molecule has 3 nitrogen and oxygen atoms in total. The molecule has 0 bridgehead atoms. The number of nitrogens with two attached hydrogens (primary N) is 1. The molecule has 0 radical (unpaired) electrons. The number of aromatic nitrogens is 2. The van der Waals surface area contributed by atoms with Gasteiger partial charge in [0, 0.05) is 21.1 Å². The van der Waals surface area contributed by atoms with E-state index in [1.54, 1.807) is 0 Å². The van der Waals surface area contributed by atoms with Crippen molar-refractivity contribution in [3.63, 3.8) is 0 Å². The van der Waals surface area contributed by atoms with E-state index in [-0.39, 0.29) is 21.1 Å². The molecular weight excluding hydrogens is 286 g/mol. The molecule has 0 spiro atoms. The smallest absolute Gasteiger partial charge is 0 e. The van der Waals surface area contributed by atoms with Crippen molar-refractivity contribution in [3.8, 4) is 0 Å². The van der Waals surface area contributed by atoms with Crippen LogP contribution in [0.4, 0.5) is 0 Å². The van der Waals surface area contributed by atoms with Crippen LogP contribution in [-0.4, -0.2) is 9.66 Å². The van der Waals surface area contributed by atoms with E-state index in [0.29, 0.717) is 0 Å². The van der Waals surface area contributed by atoms with E-state index in [9.17, 15) is 0 Å². The predicted octanol–water partition coefficient (Wildman–Crippen LogP) is 0.0114. The Hall–Kier alpha value is -0.302. The zero-order valence-electron chi connectivity index (χ0n) is 5.38. The van der Waals surface area contributed by atoms with Crippen LogP contribution in [0.3, 0.4) is 0 Å². The molecule has 0 aliphatic rings. The third kappa shape index (κ3) is 1.83. The summed E-state index contributed by atoms with van der Waals surface area (Å²) in [5, 5.41) is 0. The first kappa shape index (κ1) is 8.70. The van der Waals surface area contributed by atoms with Gasteiger partial charge >= 0.3 is 0 Å². The summed E-state index contributed by atoms with van der Waals surface area (Å²) in [5.41, 5.74) is 0.838. The number of imidazole rings is 1. The van der Waals surface area contributed by atoms with Crippen LogP contribution >= 0.6 is 0 Å². The van der Waals surface area contributed by atoms with Crippen LogP contribution in [-0.2, 0) is 21.1 Å². The molecule has 0 aliphatic carbocycles. The number of hydrogen-bond donors (Lipinski definition) is 1. The minimum atomic E-state index is 0. The fourth-order valence-electron chi connectivity index (χ4n) is 0.577. The van der Waals surface area contributed by atoms with Gasteiger partial charge in [-0.05, 0) is 12.7 Å². The zero-order chi connectivity index (χ0) is 6.15. The summed E-state index contributed by atoms with van der Waals surface area (Å²) in [6.07, 6.45) is 2.79. The molecule has 0 fully saturated rings. The van der Waals surface area contributed by atoms with E-state index >= 15 is 0 Å². The first-order chi connectivity index (χ1) is 3.70. The van der Waals surface area contributed by atoms with Gasteiger partial charge in [0.15, 0.2) is 0 Å². The van der Waals surface area contributed by atoms with Crippen LogP contribution in [0, 0.1) is 20.0 Å². The predicted molar refractivity (Wildman–Crippen MR) is 30.7 cm³/mol. The van der Waals surface area contributed by atoms with E-state index < -0.39 is 0 Å². The maximum atomic E-state index is 5.34. The van der Waals surface area contributed by atoms with E-state index in [4.69, 9.17) is 5.84 Å². The van der Waals surface area contributed by atoms with Gasteiger partial charge in [-0.3, -0.25) is 0 Å². The average molecular weight is 294 g/mol. The molecule has 0 atom stereocenters. The van der Waals surface area contributed by atoms with Gasteiger partial charge in [0.2, 0.25) is 0 Å². The number of aryl methyl sites for hydroxylation is 2. The maximum absolute atomic E-state index is 5.34. The van der Waals surface area contributed by atoms with Crippen molar-refractivity contribution in [2.45, 2.75) is 13.8 Å². The first-order valence-corrected chi connectivity index (χ1v) is 2.40. The molecule has 0 saturated heterocycles.